The number of carbonyl (C=O) groups is 1. The molecule has 1 amide bonds. The fourth-order valence-electron chi connectivity index (χ4n) is 2.32. The van der Waals surface area contributed by atoms with Gasteiger partial charge in [0.15, 0.2) is 0 Å². The second-order valence-electron chi connectivity index (χ2n) is 4.51. The lowest BCUT2D eigenvalue weighted by molar-refractivity contribution is -0.129. The van der Waals surface area contributed by atoms with Crippen LogP contribution in [0.25, 0.3) is 0 Å². The highest BCUT2D eigenvalue weighted by atomic mass is 16.2. The molecular weight excluding hydrogens is 212 g/mol. The van der Waals surface area contributed by atoms with Crippen molar-refractivity contribution in [2.24, 2.45) is 0 Å². The van der Waals surface area contributed by atoms with E-state index >= 15 is 0 Å². The van der Waals surface area contributed by atoms with Crippen LogP contribution < -0.4 is 5.32 Å². The molecule has 0 bridgehead atoms. The summed E-state index contributed by atoms with van der Waals surface area (Å²) in [5.41, 5.74) is 2.50. The van der Waals surface area contributed by atoms with E-state index in [9.17, 15) is 4.79 Å². The number of nitrogens with zero attached hydrogens (tertiary/aromatic N) is 1. The molecule has 92 valence electrons. The van der Waals surface area contributed by atoms with Crippen LogP contribution in [0.3, 0.4) is 0 Å². The molecule has 1 aliphatic rings. The quantitative estimate of drug-likeness (QED) is 0.865. The van der Waals surface area contributed by atoms with Gasteiger partial charge in [0.2, 0.25) is 5.91 Å². The van der Waals surface area contributed by atoms with Crippen molar-refractivity contribution in [1.82, 2.24) is 10.2 Å². The molecule has 1 heterocycles. The molecule has 1 N–H and O–H groups in total. The van der Waals surface area contributed by atoms with Crippen molar-refractivity contribution < 1.29 is 4.79 Å². The number of nitrogens with one attached hydrogen (secondary N) is 1. The Morgan fingerprint density at radius 1 is 1.24 bits per heavy atom. The van der Waals surface area contributed by atoms with Crippen molar-refractivity contribution in [3.05, 3.63) is 35.4 Å². The maximum Gasteiger partial charge on any atom is 0.241 e. The molecule has 3 nitrogen and oxygen atoms in total. The number of likely N-dealkylation sites (N-methyl/N-ethyl adjacent to an activating group) is 1. The maximum atomic E-state index is 11.9. The first-order valence-corrected chi connectivity index (χ1v) is 6.32. The largest absolute Gasteiger partial charge is 0.322 e. The van der Waals surface area contributed by atoms with Gasteiger partial charge in [0.1, 0.15) is 6.17 Å². The van der Waals surface area contributed by atoms with Crippen molar-refractivity contribution >= 4 is 5.91 Å². The van der Waals surface area contributed by atoms with Crippen LogP contribution in [0.1, 0.15) is 38.1 Å². The van der Waals surface area contributed by atoms with E-state index in [1.54, 1.807) is 0 Å². The molecule has 1 aliphatic heterocycles. The number of amides is 1. The summed E-state index contributed by atoms with van der Waals surface area (Å²) in [6.07, 6.45) is 1.08. The van der Waals surface area contributed by atoms with Gasteiger partial charge in [0.05, 0.1) is 6.04 Å². The van der Waals surface area contributed by atoms with Crippen LogP contribution in [-0.2, 0) is 11.2 Å². The fourth-order valence-corrected chi connectivity index (χ4v) is 2.32. The molecule has 0 saturated carbocycles. The van der Waals surface area contributed by atoms with Gasteiger partial charge in [-0.2, -0.15) is 0 Å². The van der Waals surface area contributed by atoms with Crippen LogP contribution >= 0.6 is 0 Å². The normalized spacial score (nSPS) is 24.4. The van der Waals surface area contributed by atoms with Gasteiger partial charge in [0, 0.05) is 6.54 Å². The van der Waals surface area contributed by atoms with Crippen molar-refractivity contribution in [3.8, 4) is 0 Å². The van der Waals surface area contributed by atoms with Crippen molar-refractivity contribution in [2.75, 3.05) is 6.54 Å². The fraction of sp³-hybridized carbons (Fsp3) is 0.500. The third kappa shape index (κ3) is 2.20. The zero-order valence-electron chi connectivity index (χ0n) is 10.7. The summed E-state index contributed by atoms with van der Waals surface area (Å²) in [6, 6.07) is 8.43. The lowest BCUT2D eigenvalue weighted by Crippen LogP contribution is -2.30. The van der Waals surface area contributed by atoms with E-state index in [0.717, 1.165) is 13.0 Å². The highest BCUT2D eigenvalue weighted by Gasteiger charge is 2.35. The van der Waals surface area contributed by atoms with Crippen molar-refractivity contribution in [3.63, 3.8) is 0 Å². The second-order valence-corrected chi connectivity index (χ2v) is 4.51. The average molecular weight is 232 g/mol. The zero-order chi connectivity index (χ0) is 12.4. The predicted octanol–water partition coefficient (Wildman–Crippen LogP) is 2.09. The first-order valence-electron chi connectivity index (χ1n) is 6.32. The van der Waals surface area contributed by atoms with E-state index in [0.29, 0.717) is 0 Å². The number of hydrogen-bond donors (Lipinski definition) is 1. The first kappa shape index (κ1) is 12.1. The van der Waals surface area contributed by atoms with Crippen LogP contribution in [0.15, 0.2) is 24.3 Å². The SMILES string of the molecule is CCc1ccc(C2NC(C)C(=O)N2CC)cc1. The van der Waals surface area contributed by atoms with Gasteiger partial charge in [-0.05, 0) is 31.4 Å². The minimum absolute atomic E-state index is 0.0356. The minimum Gasteiger partial charge on any atom is -0.322 e. The number of hydrogen-bond acceptors (Lipinski definition) is 2. The summed E-state index contributed by atoms with van der Waals surface area (Å²) in [7, 11) is 0. The van der Waals surface area contributed by atoms with Gasteiger partial charge in [0.25, 0.3) is 0 Å². The van der Waals surface area contributed by atoms with E-state index in [2.05, 4.69) is 36.5 Å². The highest BCUT2D eigenvalue weighted by Crippen LogP contribution is 2.25. The number of benzene rings is 1. The first-order chi connectivity index (χ1) is 8.17. The van der Waals surface area contributed by atoms with Gasteiger partial charge in [-0.3, -0.25) is 10.1 Å². The van der Waals surface area contributed by atoms with Gasteiger partial charge in [-0.1, -0.05) is 31.2 Å². The van der Waals surface area contributed by atoms with Crippen molar-refractivity contribution in [1.29, 1.82) is 0 Å². The molecule has 1 aromatic rings. The molecule has 0 radical (unpaired) electrons. The molecule has 2 rings (SSSR count). The summed E-state index contributed by atoms with van der Waals surface area (Å²) in [5, 5.41) is 3.33. The Kier molecular flexibility index (Phi) is 3.48. The molecule has 2 atom stereocenters. The zero-order valence-corrected chi connectivity index (χ0v) is 10.7. The van der Waals surface area contributed by atoms with Gasteiger partial charge in [-0.25, -0.2) is 0 Å². The van der Waals surface area contributed by atoms with Crippen LogP contribution in [0.5, 0.6) is 0 Å². The molecule has 1 aromatic carbocycles. The number of aryl methyl sites for hydroxylation is 1. The summed E-state index contributed by atoms with van der Waals surface area (Å²) in [4.78, 5) is 13.8. The lowest BCUT2D eigenvalue weighted by atomic mass is 10.1. The van der Waals surface area contributed by atoms with Crippen LogP contribution in [-0.4, -0.2) is 23.4 Å². The Balaban J connectivity index is 2.23. The topological polar surface area (TPSA) is 32.3 Å². The summed E-state index contributed by atoms with van der Waals surface area (Å²) >= 11 is 0. The van der Waals surface area contributed by atoms with Crippen molar-refractivity contribution in [2.45, 2.75) is 39.4 Å². The Labute approximate surface area is 103 Å². The standard InChI is InChI=1S/C14H20N2O/c1-4-11-6-8-12(9-7-11)13-15-10(3)14(17)16(13)5-2/h6-10,13,15H,4-5H2,1-3H3. The molecule has 1 fully saturated rings. The molecule has 0 aliphatic carbocycles. The van der Waals surface area contributed by atoms with E-state index in [-0.39, 0.29) is 18.1 Å². The van der Waals surface area contributed by atoms with E-state index in [4.69, 9.17) is 0 Å². The summed E-state index contributed by atoms with van der Waals surface area (Å²) < 4.78 is 0. The second kappa shape index (κ2) is 4.88. The maximum absolute atomic E-state index is 11.9. The van der Waals surface area contributed by atoms with Crippen LogP contribution in [0, 0.1) is 0 Å². The van der Waals surface area contributed by atoms with Crippen LogP contribution in [0.2, 0.25) is 0 Å². The Hall–Kier alpha value is -1.35. The molecule has 0 aromatic heterocycles. The number of carbonyl (C=O) groups excluding carboxylic acids is 1. The highest BCUT2D eigenvalue weighted by molar-refractivity contribution is 5.84. The molecule has 17 heavy (non-hydrogen) atoms. The molecular formula is C14H20N2O. The average Bonchev–Trinajstić information content (AvgIpc) is 2.65. The third-order valence-corrected chi connectivity index (χ3v) is 3.42. The third-order valence-electron chi connectivity index (χ3n) is 3.42. The van der Waals surface area contributed by atoms with E-state index in [1.165, 1.54) is 11.1 Å². The predicted molar refractivity (Wildman–Crippen MR) is 68.5 cm³/mol. The van der Waals surface area contributed by atoms with E-state index < -0.39 is 0 Å². The van der Waals surface area contributed by atoms with Gasteiger partial charge < -0.3 is 4.90 Å². The monoisotopic (exact) mass is 232 g/mol. The molecule has 0 spiro atoms. The van der Waals surface area contributed by atoms with Gasteiger partial charge >= 0.3 is 0 Å². The molecule has 3 heteroatoms. The lowest BCUT2D eigenvalue weighted by Gasteiger charge is -2.23. The van der Waals surface area contributed by atoms with E-state index in [1.807, 2.05) is 18.7 Å². The number of rotatable bonds is 3. The minimum atomic E-state index is -0.0780. The summed E-state index contributed by atoms with van der Waals surface area (Å²) in [5.74, 6) is 0.192. The Morgan fingerprint density at radius 3 is 2.41 bits per heavy atom. The smallest absolute Gasteiger partial charge is 0.241 e. The van der Waals surface area contributed by atoms with Gasteiger partial charge in [-0.15, -0.1) is 0 Å². The Bertz CT molecular complexity index is 399. The molecule has 1 saturated heterocycles. The van der Waals surface area contributed by atoms with Crippen LogP contribution in [0.4, 0.5) is 0 Å². The molecule has 2 unspecified atom stereocenters. The summed E-state index contributed by atoms with van der Waals surface area (Å²) in [6.45, 7) is 6.83. The Morgan fingerprint density at radius 2 is 1.88 bits per heavy atom.